The molecule has 20 heavy (non-hydrogen) atoms. The zero-order valence-electron chi connectivity index (χ0n) is 11.3. The van der Waals surface area contributed by atoms with Gasteiger partial charge < -0.3 is 10.2 Å². The summed E-state index contributed by atoms with van der Waals surface area (Å²) in [6.45, 7) is 2.78. The van der Waals surface area contributed by atoms with Crippen LogP contribution in [0.4, 0.5) is 5.82 Å². The molecule has 3 heterocycles. The van der Waals surface area contributed by atoms with Crippen LogP contribution in [-0.4, -0.2) is 40.0 Å². The average Bonchev–Trinajstić information content (AvgIpc) is 2.83. The topological polar surface area (TPSA) is 62.3 Å². The van der Waals surface area contributed by atoms with Crippen molar-refractivity contribution >= 4 is 40.7 Å². The molecule has 2 aliphatic heterocycles. The molecule has 0 aliphatic carbocycles. The van der Waals surface area contributed by atoms with Gasteiger partial charge in [0.15, 0.2) is 10.2 Å². The van der Waals surface area contributed by atoms with E-state index < -0.39 is 0 Å². The van der Waals surface area contributed by atoms with Gasteiger partial charge in [0, 0.05) is 12.3 Å². The van der Waals surface area contributed by atoms with Crippen LogP contribution in [0.3, 0.4) is 0 Å². The third-order valence-corrected chi connectivity index (χ3v) is 5.93. The van der Waals surface area contributed by atoms with Crippen molar-refractivity contribution in [2.75, 3.05) is 17.6 Å². The van der Waals surface area contributed by atoms with Gasteiger partial charge in [-0.3, -0.25) is 9.59 Å². The Morgan fingerprint density at radius 3 is 3.10 bits per heavy atom. The number of fused-ring (bicyclic) bond motifs is 2. The van der Waals surface area contributed by atoms with Gasteiger partial charge in [0.2, 0.25) is 5.91 Å². The molecular weight excluding hydrogens is 294 g/mol. The molecule has 0 aromatic carbocycles. The smallest absolute Gasteiger partial charge is 0.268 e. The van der Waals surface area contributed by atoms with Crippen LogP contribution in [-0.2, 0) is 4.79 Å². The molecule has 108 valence electrons. The molecule has 7 heteroatoms. The van der Waals surface area contributed by atoms with Crippen molar-refractivity contribution in [2.45, 2.75) is 43.0 Å². The van der Waals surface area contributed by atoms with E-state index in [0.717, 1.165) is 35.8 Å². The van der Waals surface area contributed by atoms with E-state index in [1.807, 2.05) is 0 Å². The fraction of sp³-hybridized carbons (Fsp3) is 0.615. The maximum Gasteiger partial charge on any atom is 0.268 e. The first-order chi connectivity index (χ1) is 9.70. The molecule has 3 rings (SSSR count). The molecular formula is C13H17N3O2S2. The Kier molecular flexibility index (Phi) is 3.98. The van der Waals surface area contributed by atoms with E-state index >= 15 is 0 Å². The van der Waals surface area contributed by atoms with Crippen molar-refractivity contribution in [3.8, 4) is 0 Å². The molecule has 0 spiro atoms. The fourth-order valence-corrected chi connectivity index (χ4v) is 4.54. The first-order valence-electron chi connectivity index (χ1n) is 6.96. The zero-order valence-corrected chi connectivity index (χ0v) is 13.0. The molecule has 1 saturated heterocycles. The lowest BCUT2D eigenvalue weighted by molar-refractivity contribution is -0.121. The second kappa shape index (κ2) is 5.73. The number of anilines is 1. The number of aromatic nitrogens is 1. The molecule has 2 amide bonds. The summed E-state index contributed by atoms with van der Waals surface area (Å²) in [6.07, 6.45) is 3.79. The maximum absolute atomic E-state index is 12.6. The lowest BCUT2D eigenvalue weighted by Gasteiger charge is -2.32. The molecule has 1 aromatic rings. The van der Waals surface area contributed by atoms with Gasteiger partial charge in [-0.25, -0.2) is 4.98 Å². The molecule has 1 atom stereocenters. The number of thiazole rings is 1. The normalized spacial score (nSPS) is 22.1. The monoisotopic (exact) mass is 311 g/mol. The van der Waals surface area contributed by atoms with Gasteiger partial charge in [0.1, 0.15) is 10.9 Å². The molecule has 2 aliphatic rings. The minimum atomic E-state index is -0.315. The summed E-state index contributed by atoms with van der Waals surface area (Å²) in [5.74, 6) is 1.30. The van der Waals surface area contributed by atoms with Crippen LogP contribution in [0.5, 0.6) is 0 Å². The zero-order chi connectivity index (χ0) is 14.1. The SMILES string of the molecule is CCCSc1nc2c(s1)C(=O)N1CCCCC1C(=O)N2. The number of nitrogens with zero attached hydrogens (tertiary/aromatic N) is 2. The summed E-state index contributed by atoms with van der Waals surface area (Å²) in [4.78, 5) is 31.5. The van der Waals surface area contributed by atoms with Crippen molar-refractivity contribution in [3.63, 3.8) is 0 Å². The molecule has 1 N–H and O–H groups in total. The van der Waals surface area contributed by atoms with Gasteiger partial charge in [0.05, 0.1) is 0 Å². The van der Waals surface area contributed by atoms with E-state index in [1.165, 1.54) is 11.3 Å². The predicted molar refractivity (Wildman–Crippen MR) is 80.4 cm³/mol. The predicted octanol–water partition coefficient (Wildman–Crippen LogP) is 2.59. The molecule has 0 bridgehead atoms. The Bertz CT molecular complexity index is 544. The van der Waals surface area contributed by atoms with Crippen molar-refractivity contribution < 1.29 is 9.59 Å². The van der Waals surface area contributed by atoms with Crippen molar-refractivity contribution in [1.82, 2.24) is 9.88 Å². The minimum absolute atomic E-state index is 0.0381. The second-order valence-electron chi connectivity index (χ2n) is 5.01. The van der Waals surface area contributed by atoms with Crippen molar-refractivity contribution in [2.24, 2.45) is 0 Å². The van der Waals surface area contributed by atoms with Crippen molar-refractivity contribution in [1.29, 1.82) is 0 Å². The van der Waals surface area contributed by atoms with Crippen LogP contribution in [0.25, 0.3) is 0 Å². The highest BCUT2D eigenvalue weighted by molar-refractivity contribution is 8.01. The molecule has 1 aromatic heterocycles. The number of hydrogen-bond donors (Lipinski definition) is 1. The Labute approximate surface area is 126 Å². The summed E-state index contributed by atoms with van der Waals surface area (Å²) < 4.78 is 0.862. The largest absolute Gasteiger partial charge is 0.326 e. The second-order valence-corrected chi connectivity index (χ2v) is 7.35. The van der Waals surface area contributed by atoms with Gasteiger partial charge in [-0.2, -0.15) is 0 Å². The number of hydrogen-bond acceptors (Lipinski definition) is 5. The van der Waals surface area contributed by atoms with E-state index in [-0.39, 0.29) is 17.9 Å². The van der Waals surface area contributed by atoms with Gasteiger partial charge in [0.25, 0.3) is 5.91 Å². The van der Waals surface area contributed by atoms with Gasteiger partial charge in [-0.1, -0.05) is 18.7 Å². The molecule has 0 radical (unpaired) electrons. The van der Waals surface area contributed by atoms with Crippen LogP contribution in [0.1, 0.15) is 42.3 Å². The Morgan fingerprint density at radius 1 is 1.45 bits per heavy atom. The number of nitrogens with one attached hydrogen (secondary N) is 1. The number of rotatable bonds is 3. The number of piperidine rings is 1. The summed E-state index contributed by atoms with van der Waals surface area (Å²) in [6, 6.07) is -0.315. The van der Waals surface area contributed by atoms with Gasteiger partial charge in [-0.05, 0) is 25.7 Å². The van der Waals surface area contributed by atoms with E-state index in [1.54, 1.807) is 16.7 Å². The Morgan fingerprint density at radius 2 is 2.30 bits per heavy atom. The quantitative estimate of drug-likeness (QED) is 0.872. The van der Waals surface area contributed by atoms with Crippen LogP contribution >= 0.6 is 23.1 Å². The molecule has 5 nitrogen and oxygen atoms in total. The summed E-state index contributed by atoms with van der Waals surface area (Å²) >= 11 is 3.04. The standard InChI is InChI=1S/C13H17N3O2S2/c1-2-7-19-13-15-10-9(20-13)12(18)16-6-4-3-5-8(16)11(17)14-10/h8H,2-7H2,1H3,(H,14,17). The number of amides is 2. The fourth-order valence-electron chi connectivity index (χ4n) is 2.56. The number of thioether (sulfide) groups is 1. The van der Waals surface area contributed by atoms with E-state index in [2.05, 4.69) is 17.2 Å². The molecule has 0 saturated carbocycles. The summed E-state index contributed by atoms with van der Waals surface area (Å²) in [7, 11) is 0. The number of carbonyl (C=O) groups excluding carboxylic acids is 2. The van der Waals surface area contributed by atoms with E-state index in [4.69, 9.17) is 0 Å². The third-order valence-electron chi connectivity index (χ3n) is 3.54. The lowest BCUT2D eigenvalue weighted by Crippen LogP contribution is -2.47. The third kappa shape index (κ3) is 2.44. The Balaban J connectivity index is 1.91. The highest BCUT2D eigenvalue weighted by atomic mass is 32.2. The van der Waals surface area contributed by atoms with Gasteiger partial charge >= 0.3 is 0 Å². The first-order valence-corrected chi connectivity index (χ1v) is 8.76. The van der Waals surface area contributed by atoms with Crippen LogP contribution in [0.2, 0.25) is 0 Å². The van der Waals surface area contributed by atoms with E-state index in [9.17, 15) is 9.59 Å². The van der Waals surface area contributed by atoms with Crippen molar-refractivity contribution in [3.05, 3.63) is 4.88 Å². The average molecular weight is 311 g/mol. The highest BCUT2D eigenvalue weighted by Crippen LogP contribution is 2.35. The summed E-state index contributed by atoms with van der Waals surface area (Å²) in [5.41, 5.74) is 0. The van der Waals surface area contributed by atoms with Crippen LogP contribution < -0.4 is 5.32 Å². The highest BCUT2D eigenvalue weighted by Gasteiger charge is 2.38. The lowest BCUT2D eigenvalue weighted by atomic mass is 10.0. The maximum atomic E-state index is 12.6. The van der Waals surface area contributed by atoms with E-state index in [0.29, 0.717) is 17.2 Å². The van der Waals surface area contributed by atoms with Gasteiger partial charge in [-0.15, -0.1) is 11.3 Å². The Hall–Kier alpha value is -1.08. The summed E-state index contributed by atoms with van der Waals surface area (Å²) in [5, 5.41) is 2.83. The minimum Gasteiger partial charge on any atom is -0.326 e. The first kappa shape index (κ1) is 13.9. The molecule has 1 fully saturated rings. The van der Waals surface area contributed by atoms with Crippen LogP contribution in [0, 0.1) is 0 Å². The molecule has 1 unspecified atom stereocenters. The van der Waals surface area contributed by atoms with Crippen LogP contribution in [0.15, 0.2) is 4.34 Å². The number of carbonyl (C=O) groups is 2.